The molecule has 1 amide bonds. The second-order valence-corrected chi connectivity index (χ2v) is 10.5. The second kappa shape index (κ2) is 12.9. The highest BCUT2D eigenvalue weighted by Crippen LogP contribution is 2.38. The molecule has 5 rings (SSSR count). The maximum atomic E-state index is 12.9. The number of nitrogens with one attached hydrogen (secondary N) is 1. The molecule has 0 aliphatic carbocycles. The third-order valence-electron chi connectivity index (χ3n) is 6.93. The van der Waals surface area contributed by atoms with Gasteiger partial charge in [-0.2, -0.15) is 4.99 Å². The van der Waals surface area contributed by atoms with E-state index in [1.54, 1.807) is 11.0 Å². The molecular weight excluding hydrogens is 534 g/mol. The molecule has 2 aliphatic heterocycles. The van der Waals surface area contributed by atoms with Crippen molar-refractivity contribution in [3.05, 3.63) is 100 Å². The SMILES string of the molecule is CCOc1cc(/C=C2/C(=N)N3C(c4ccccc4)=CSC3=NC2=O)ccc1OCCOc1ccc([C@@H](C)CC)cc1. The number of aliphatic imine (C=N–C) groups is 1. The zero-order valence-corrected chi connectivity index (χ0v) is 24.2. The summed E-state index contributed by atoms with van der Waals surface area (Å²) in [4.78, 5) is 18.9. The first-order valence-electron chi connectivity index (χ1n) is 13.8. The zero-order valence-electron chi connectivity index (χ0n) is 23.4. The Balaban J connectivity index is 1.27. The standard InChI is InChI=1S/C33H33N3O4S/c1-4-22(3)24-12-14-26(15-13-24)39-17-18-40-29-16-11-23(20-30(29)38-5-2)19-27-31(34)36-28(25-9-7-6-8-10-25)21-41-33(36)35-32(27)37/h6-16,19-22,34H,4-5,17-18H2,1-3H3/b27-19-,34-31?/t22-/m0/s1. The van der Waals surface area contributed by atoms with Gasteiger partial charge in [0.05, 0.1) is 17.9 Å². The van der Waals surface area contributed by atoms with Crippen molar-refractivity contribution in [1.29, 1.82) is 5.41 Å². The topological polar surface area (TPSA) is 84.2 Å². The van der Waals surface area contributed by atoms with Crippen LogP contribution in [0.2, 0.25) is 0 Å². The largest absolute Gasteiger partial charge is 0.490 e. The Morgan fingerprint density at radius 1 is 0.951 bits per heavy atom. The number of amides is 1. The summed E-state index contributed by atoms with van der Waals surface area (Å²) in [5, 5.41) is 11.3. The Morgan fingerprint density at radius 2 is 1.71 bits per heavy atom. The van der Waals surface area contributed by atoms with Crippen molar-refractivity contribution in [3.63, 3.8) is 0 Å². The molecule has 8 heteroatoms. The van der Waals surface area contributed by atoms with Crippen molar-refractivity contribution < 1.29 is 19.0 Å². The quantitative estimate of drug-likeness (QED) is 0.193. The summed E-state index contributed by atoms with van der Waals surface area (Å²) in [6.45, 7) is 7.48. The van der Waals surface area contributed by atoms with Gasteiger partial charge in [0.25, 0.3) is 5.91 Å². The fraction of sp³-hybridized carbons (Fsp3) is 0.242. The van der Waals surface area contributed by atoms with Crippen LogP contribution in [0.15, 0.2) is 88.8 Å². The minimum absolute atomic E-state index is 0.0905. The maximum Gasteiger partial charge on any atom is 0.283 e. The highest BCUT2D eigenvalue weighted by Gasteiger charge is 2.36. The fourth-order valence-corrected chi connectivity index (χ4v) is 5.41. The minimum Gasteiger partial charge on any atom is -0.490 e. The van der Waals surface area contributed by atoms with E-state index in [1.165, 1.54) is 17.3 Å². The molecule has 1 atom stereocenters. The van der Waals surface area contributed by atoms with Crippen LogP contribution in [-0.4, -0.2) is 41.6 Å². The average Bonchev–Trinajstić information content (AvgIpc) is 3.42. The van der Waals surface area contributed by atoms with Gasteiger partial charge in [-0.25, -0.2) is 0 Å². The normalized spacial score (nSPS) is 16.3. The van der Waals surface area contributed by atoms with Crippen LogP contribution in [-0.2, 0) is 4.79 Å². The lowest BCUT2D eigenvalue weighted by atomic mass is 9.99. The Kier molecular flexibility index (Phi) is 8.89. The highest BCUT2D eigenvalue weighted by atomic mass is 32.2. The van der Waals surface area contributed by atoms with E-state index < -0.39 is 5.91 Å². The number of fused-ring (bicyclic) bond motifs is 1. The molecule has 0 aromatic heterocycles. The second-order valence-electron chi connectivity index (χ2n) is 9.64. The molecule has 41 heavy (non-hydrogen) atoms. The van der Waals surface area contributed by atoms with Gasteiger partial charge in [-0.1, -0.05) is 74.1 Å². The summed E-state index contributed by atoms with van der Waals surface area (Å²) < 4.78 is 17.7. The maximum absolute atomic E-state index is 12.9. The van der Waals surface area contributed by atoms with Gasteiger partial charge in [-0.15, -0.1) is 0 Å². The first-order chi connectivity index (χ1) is 20.0. The van der Waals surface area contributed by atoms with E-state index in [4.69, 9.17) is 19.6 Å². The summed E-state index contributed by atoms with van der Waals surface area (Å²) in [6, 6.07) is 23.4. The third kappa shape index (κ3) is 6.38. The van der Waals surface area contributed by atoms with Crippen molar-refractivity contribution in [1.82, 2.24) is 4.90 Å². The van der Waals surface area contributed by atoms with Gasteiger partial charge in [-0.3, -0.25) is 15.1 Å². The lowest BCUT2D eigenvalue weighted by Gasteiger charge is -2.27. The van der Waals surface area contributed by atoms with E-state index in [0.29, 0.717) is 48.0 Å². The number of carbonyl (C=O) groups excluding carboxylic acids is 1. The van der Waals surface area contributed by atoms with E-state index in [0.717, 1.165) is 23.4 Å². The van der Waals surface area contributed by atoms with E-state index in [2.05, 4.69) is 31.0 Å². The van der Waals surface area contributed by atoms with E-state index in [-0.39, 0.29) is 11.4 Å². The van der Waals surface area contributed by atoms with Crippen LogP contribution in [0.1, 0.15) is 49.8 Å². The molecule has 0 saturated heterocycles. The van der Waals surface area contributed by atoms with Gasteiger partial charge in [0.2, 0.25) is 0 Å². The number of hydrogen-bond acceptors (Lipinski definition) is 6. The number of ether oxygens (including phenoxy) is 3. The van der Waals surface area contributed by atoms with Gasteiger partial charge >= 0.3 is 0 Å². The molecule has 0 bridgehead atoms. The van der Waals surface area contributed by atoms with Crippen LogP contribution >= 0.6 is 11.8 Å². The molecular formula is C33H33N3O4S. The van der Waals surface area contributed by atoms with Gasteiger partial charge < -0.3 is 14.2 Å². The van der Waals surface area contributed by atoms with E-state index >= 15 is 0 Å². The van der Waals surface area contributed by atoms with Crippen molar-refractivity contribution >= 4 is 40.4 Å². The van der Waals surface area contributed by atoms with Crippen LogP contribution in [0.25, 0.3) is 11.8 Å². The molecule has 2 aliphatic rings. The molecule has 0 radical (unpaired) electrons. The number of nitrogens with zero attached hydrogens (tertiary/aromatic N) is 2. The van der Waals surface area contributed by atoms with Crippen LogP contribution in [0.4, 0.5) is 0 Å². The number of thioether (sulfide) groups is 1. The Bertz CT molecular complexity index is 1510. The average molecular weight is 568 g/mol. The van der Waals surface area contributed by atoms with E-state index in [1.807, 2.05) is 73.0 Å². The number of benzene rings is 3. The van der Waals surface area contributed by atoms with Gasteiger partial charge in [0.15, 0.2) is 16.7 Å². The first kappa shape index (κ1) is 28.2. The number of amidine groups is 2. The Labute approximate surface area is 245 Å². The molecule has 0 saturated carbocycles. The molecule has 1 N–H and O–H groups in total. The van der Waals surface area contributed by atoms with E-state index in [9.17, 15) is 4.79 Å². The van der Waals surface area contributed by atoms with Crippen LogP contribution < -0.4 is 14.2 Å². The Hall–Kier alpha value is -4.30. The summed E-state index contributed by atoms with van der Waals surface area (Å²) in [5.41, 5.74) is 4.00. The van der Waals surface area contributed by atoms with Crippen LogP contribution in [0, 0.1) is 5.41 Å². The summed E-state index contributed by atoms with van der Waals surface area (Å²) in [6.07, 6.45) is 2.78. The molecule has 7 nitrogen and oxygen atoms in total. The van der Waals surface area contributed by atoms with Crippen molar-refractivity contribution in [3.8, 4) is 17.2 Å². The monoisotopic (exact) mass is 567 g/mol. The van der Waals surface area contributed by atoms with Gasteiger partial charge in [0, 0.05) is 5.41 Å². The van der Waals surface area contributed by atoms with Crippen molar-refractivity contribution in [2.24, 2.45) is 4.99 Å². The highest BCUT2D eigenvalue weighted by molar-refractivity contribution is 8.17. The van der Waals surface area contributed by atoms with Crippen molar-refractivity contribution in [2.75, 3.05) is 19.8 Å². The summed E-state index contributed by atoms with van der Waals surface area (Å²) in [7, 11) is 0. The lowest BCUT2D eigenvalue weighted by molar-refractivity contribution is -0.114. The molecule has 2 heterocycles. The van der Waals surface area contributed by atoms with Gasteiger partial charge in [0.1, 0.15) is 24.8 Å². The molecule has 3 aromatic rings. The number of hydrogen-bond donors (Lipinski definition) is 1. The number of carbonyl (C=O) groups is 1. The predicted molar refractivity (Wildman–Crippen MR) is 166 cm³/mol. The summed E-state index contributed by atoms with van der Waals surface area (Å²) >= 11 is 1.34. The molecule has 0 spiro atoms. The first-order valence-corrected chi connectivity index (χ1v) is 14.6. The lowest BCUT2D eigenvalue weighted by Crippen LogP contribution is -2.38. The van der Waals surface area contributed by atoms with Crippen LogP contribution in [0.3, 0.4) is 0 Å². The summed E-state index contributed by atoms with van der Waals surface area (Å²) in [5.74, 6) is 2.12. The molecule has 0 unspecified atom stereocenters. The Morgan fingerprint density at radius 3 is 2.44 bits per heavy atom. The minimum atomic E-state index is -0.441. The molecule has 210 valence electrons. The van der Waals surface area contributed by atoms with Crippen molar-refractivity contribution in [2.45, 2.75) is 33.1 Å². The van der Waals surface area contributed by atoms with Gasteiger partial charge in [-0.05, 0) is 66.3 Å². The number of rotatable bonds is 11. The molecule has 0 fully saturated rings. The molecule has 3 aromatic carbocycles. The third-order valence-corrected chi connectivity index (χ3v) is 7.76. The smallest absolute Gasteiger partial charge is 0.283 e. The fourth-order valence-electron chi connectivity index (χ4n) is 4.52. The zero-order chi connectivity index (χ0) is 28.8. The van der Waals surface area contributed by atoms with Crippen LogP contribution in [0.5, 0.6) is 17.2 Å². The predicted octanol–water partition coefficient (Wildman–Crippen LogP) is 7.36.